The molecule has 3 N–H and O–H groups in total. The number of piperidine rings is 1. The predicted molar refractivity (Wildman–Crippen MR) is 119 cm³/mol. The molecule has 0 atom stereocenters. The lowest BCUT2D eigenvalue weighted by molar-refractivity contribution is -0.134. The lowest BCUT2D eigenvalue weighted by atomic mass is 9.95. The predicted octanol–water partition coefficient (Wildman–Crippen LogP) is 2.61. The number of nitrogens with one attached hydrogen (secondary N) is 3. The van der Waals surface area contributed by atoms with E-state index < -0.39 is 0 Å². The molecule has 0 bridgehead atoms. The number of rotatable bonds is 6. The summed E-state index contributed by atoms with van der Waals surface area (Å²) in [6.07, 6.45) is 7.14. The normalized spacial score (nSPS) is 18.8. The highest BCUT2D eigenvalue weighted by Crippen LogP contribution is 2.34. The van der Waals surface area contributed by atoms with E-state index in [9.17, 15) is 14.4 Å². The molecule has 2 aliphatic heterocycles. The number of fused-ring (bicyclic) bond motifs is 1. The highest BCUT2D eigenvalue weighted by atomic mass is 16.7. The summed E-state index contributed by atoms with van der Waals surface area (Å²) in [4.78, 5) is 38.9. The third kappa shape index (κ3) is 5.83. The number of hydrogen-bond acceptors (Lipinski definition) is 5. The summed E-state index contributed by atoms with van der Waals surface area (Å²) >= 11 is 0. The van der Waals surface area contributed by atoms with Crippen LogP contribution in [0.1, 0.15) is 51.4 Å². The number of nitrogens with zero attached hydrogens (tertiary/aromatic N) is 1. The SMILES string of the molecule is O=C(NCCC(=O)N1CCC(C(=O)Nc2ccc3c(c2)OCO3)CC1)NC1CCCCC1. The Bertz CT molecular complexity index is 832. The minimum atomic E-state index is -0.191. The fourth-order valence-corrected chi connectivity index (χ4v) is 4.53. The monoisotopic (exact) mass is 444 g/mol. The van der Waals surface area contributed by atoms with Crippen LogP contribution in [0.15, 0.2) is 18.2 Å². The fraction of sp³-hybridized carbons (Fsp3) is 0.609. The second-order valence-corrected chi connectivity index (χ2v) is 8.70. The molecule has 174 valence electrons. The first kappa shape index (κ1) is 22.2. The first-order valence-corrected chi connectivity index (χ1v) is 11.6. The molecular weight excluding hydrogens is 412 g/mol. The van der Waals surface area contributed by atoms with E-state index in [4.69, 9.17) is 9.47 Å². The topological polar surface area (TPSA) is 109 Å². The molecule has 1 aliphatic carbocycles. The maximum atomic E-state index is 12.6. The van der Waals surface area contributed by atoms with Crippen molar-refractivity contribution in [3.63, 3.8) is 0 Å². The van der Waals surface area contributed by atoms with Crippen molar-refractivity contribution in [1.29, 1.82) is 0 Å². The van der Waals surface area contributed by atoms with Crippen molar-refractivity contribution in [2.75, 3.05) is 31.7 Å². The highest BCUT2D eigenvalue weighted by Gasteiger charge is 2.27. The number of hydrogen-bond donors (Lipinski definition) is 3. The van der Waals surface area contributed by atoms with Crippen LogP contribution in [0.4, 0.5) is 10.5 Å². The number of amides is 4. The molecule has 0 spiro atoms. The van der Waals surface area contributed by atoms with Gasteiger partial charge in [-0.05, 0) is 37.8 Å². The van der Waals surface area contributed by atoms with E-state index >= 15 is 0 Å². The van der Waals surface area contributed by atoms with Crippen LogP contribution in [0.5, 0.6) is 11.5 Å². The molecule has 9 heteroatoms. The number of carbonyl (C=O) groups is 3. The van der Waals surface area contributed by atoms with Gasteiger partial charge in [-0.3, -0.25) is 9.59 Å². The van der Waals surface area contributed by atoms with E-state index in [1.165, 1.54) is 6.42 Å². The maximum Gasteiger partial charge on any atom is 0.315 e. The molecule has 2 heterocycles. The van der Waals surface area contributed by atoms with Crippen LogP contribution in [-0.2, 0) is 9.59 Å². The fourth-order valence-electron chi connectivity index (χ4n) is 4.53. The molecule has 0 radical (unpaired) electrons. The molecule has 0 aromatic heterocycles. The summed E-state index contributed by atoms with van der Waals surface area (Å²) in [5.74, 6) is 1.14. The zero-order chi connectivity index (χ0) is 22.3. The molecule has 1 aromatic carbocycles. The molecule has 1 saturated heterocycles. The van der Waals surface area contributed by atoms with E-state index in [1.807, 2.05) is 0 Å². The van der Waals surface area contributed by atoms with Crippen LogP contribution in [0.2, 0.25) is 0 Å². The Morgan fingerprint density at radius 2 is 1.72 bits per heavy atom. The Labute approximate surface area is 188 Å². The summed E-state index contributed by atoms with van der Waals surface area (Å²) < 4.78 is 10.6. The van der Waals surface area contributed by atoms with Crippen molar-refractivity contribution >= 4 is 23.5 Å². The van der Waals surface area contributed by atoms with Gasteiger partial charge in [0.15, 0.2) is 11.5 Å². The average Bonchev–Trinajstić information content (AvgIpc) is 3.27. The van der Waals surface area contributed by atoms with Crippen molar-refractivity contribution in [1.82, 2.24) is 15.5 Å². The summed E-state index contributed by atoms with van der Waals surface area (Å²) in [6.45, 7) is 1.61. The Balaban J connectivity index is 1.13. The van der Waals surface area contributed by atoms with Gasteiger partial charge in [0.25, 0.3) is 0 Å². The van der Waals surface area contributed by atoms with Gasteiger partial charge >= 0.3 is 6.03 Å². The standard InChI is InChI=1S/C23H32N4O5/c28-21(8-11-24-23(30)26-17-4-2-1-3-5-17)27-12-9-16(10-13-27)22(29)25-18-6-7-19-20(14-18)32-15-31-19/h6-7,14,16-17H,1-5,8-13,15H2,(H,25,29)(H2,24,26,30). The first-order chi connectivity index (χ1) is 15.6. The van der Waals surface area contributed by atoms with Crippen LogP contribution in [0.3, 0.4) is 0 Å². The first-order valence-electron chi connectivity index (χ1n) is 11.6. The van der Waals surface area contributed by atoms with E-state index in [-0.39, 0.29) is 43.0 Å². The van der Waals surface area contributed by atoms with Gasteiger partial charge in [0.1, 0.15) is 0 Å². The second kappa shape index (κ2) is 10.6. The van der Waals surface area contributed by atoms with E-state index in [1.54, 1.807) is 23.1 Å². The Morgan fingerprint density at radius 1 is 0.969 bits per heavy atom. The third-order valence-corrected chi connectivity index (χ3v) is 6.42. The molecular formula is C23H32N4O5. The Morgan fingerprint density at radius 3 is 2.50 bits per heavy atom. The molecule has 2 fully saturated rings. The van der Waals surface area contributed by atoms with Crippen LogP contribution in [0, 0.1) is 5.92 Å². The van der Waals surface area contributed by atoms with Crippen molar-refractivity contribution in [2.24, 2.45) is 5.92 Å². The van der Waals surface area contributed by atoms with Crippen molar-refractivity contribution < 1.29 is 23.9 Å². The van der Waals surface area contributed by atoms with Crippen molar-refractivity contribution in [3.8, 4) is 11.5 Å². The number of ether oxygens (including phenoxy) is 2. The lowest BCUT2D eigenvalue weighted by Crippen LogP contribution is -2.45. The molecule has 3 aliphatic rings. The van der Waals surface area contributed by atoms with Gasteiger partial charge < -0.3 is 30.3 Å². The van der Waals surface area contributed by atoms with Crippen LogP contribution < -0.4 is 25.4 Å². The molecule has 1 aromatic rings. The van der Waals surface area contributed by atoms with E-state index in [2.05, 4.69) is 16.0 Å². The number of urea groups is 1. The van der Waals surface area contributed by atoms with Crippen molar-refractivity contribution in [2.45, 2.75) is 57.4 Å². The summed E-state index contributed by atoms with van der Waals surface area (Å²) in [6, 6.07) is 5.39. The molecule has 9 nitrogen and oxygen atoms in total. The van der Waals surface area contributed by atoms with Crippen LogP contribution in [0.25, 0.3) is 0 Å². The van der Waals surface area contributed by atoms with Gasteiger partial charge in [-0.25, -0.2) is 4.79 Å². The quantitative estimate of drug-likeness (QED) is 0.625. The molecule has 1 saturated carbocycles. The summed E-state index contributed by atoms with van der Waals surface area (Å²) in [7, 11) is 0. The number of likely N-dealkylation sites (tertiary alicyclic amines) is 1. The lowest BCUT2D eigenvalue weighted by Gasteiger charge is -2.31. The Kier molecular flexibility index (Phi) is 7.34. The minimum absolute atomic E-state index is 0.0117. The number of anilines is 1. The van der Waals surface area contributed by atoms with Gasteiger partial charge in [0.05, 0.1) is 0 Å². The minimum Gasteiger partial charge on any atom is -0.454 e. The Hall–Kier alpha value is -2.97. The smallest absolute Gasteiger partial charge is 0.315 e. The second-order valence-electron chi connectivity index (χ2n) is 8.70. The molecule has 0 unspecified atom stereocenters. The van der Waals surface area contributed by atoms with Crippen molar-refractivity contribution in [3.05, 3.63) is 18.2 Å². The van der Waals surface area contributed by atoms with Crippen LogP contribution in [-0.4, -0.2) is 55.2 Å². The average molecular weight is 445 g/mol. The van der Waals surface area contributed by atoms with Gasteiger partial charge in [-0.15, -0.1) is 0 Å². The number of benzene rings is 1. The number of carbonyl (C=O) groups excluding carboxylic acids is 3. The van der Waals surface area contributed by atoms with E-state index in [0.29, 0.717) is 49.7 Å². The van der Waals surface area contributed by atoms with Gasteiger partial charge in [0.2, 0.25) is 18.6 Å². The molecule has 4 rings (SSSR count). The van der Waals surface area contributed by atoms with Crippen LogP contribution >= 0.6 is 0 Å². The zero-order valence-electron chi connectivity index (χ0n) is 18.4. The summed E-state index contributed by atoms with van der Waals surface area (Å²) in [5, 5.41) is 8.71. The van der Waals surface area contributed by atoms with E-state index in [0.717, 1.165) is 25.7 Å². The van der Waals surface area contributed by atoms with Gasteiger partial charge in [-0.2, -0.15) is 0 Å². The molecule has 32 heavy (non-hydrogen) atoms. The zero-order valence-corrected chi connectivity index (χ0v) is 18.4. The van der Waals surface area contributed by atoms with Gasteiger partial charge in [0, 0.05) is 49.8 Å². The van der Waals surface area contributed by atoms with Gasteiger partial charge in [-0.1, -0.05) is 19.3 Å². The largest absolute Gasteiger partial charge is 0.454 e. The maximum absolute atomic E-state index is 12.6. The third-order valence-electron chi connectivity index (χ3n) is 6.42. The summed E-state index contributed by atoms with van der Waals surface area (Å²) in [5.41, 5.74) is 0.676. The highest BCUT2D eigenvalue weighted by molar-refractivity contribution is 5.93. The molecule has 4 amide bonds.